The highest BCUT2D eigenvalue weighted by Gasteiger charge is 2.13. The molecule has 100 valence electrons. The summed E-state index contributed by atoms with van der Waals surface area (Å²) in [5.41, 5.74) is 6.59. The van der Waals surface area contributed by atoms with E-state index in [0.717, 1.165) is 37.7 Å². The molecule has 1 aromatic heterocycles. The number of nitrogens with one attached hydrogen (secondary N) is 1. The molecule has 0 saturated carbocycles. The summed E-state index contributed by atoms with van der Waals surface area (Å²) in [6.07, 6.45) is 0.184. The lowest BCUT2D eigenvalue weighted by Crippen LogP contribution is -2.44. The lowest BCUT2D eigenvalue weighted by atomic mass is 10.3. The maximum absolute atomic E-state index is 5.75. The molecule has 0 bridgehead atoms. The van der Waals surface area contributed by atoms with Gasteiger partial charge in [-0.05, 0) is 13.8 Å². The van der Waals surface area contributed by atoms with E-state index in [1.165, 1.54) is 0 Å². The topological polar surface area (TPSA) is 76.3 Å². The molecule has 6 heteroatoms. The Kier molecular flexibility index (Phi) is 4.33. The second kappa shape index (κ2) is 5.97. The van der Waals surface area contributed by atoms with Gasteiger partial charge >= 0.3 is 0 Å². The SMILES string of the molecule is CC(C)OCc1cc(N2CCNCC2)nc(N)n1. The first-order valence-electron chi connectivity index (χ1n) is 6.36. The van der Waals surface area contributed by atoms with Crippen LogP contribution in [0.3, 0.4) is 0 Å². The predicted molar refractivity (Wildman–Crippen MR) is 71.5 cm³/mol. The number of hydrogen-bond acceptors (Lipinski definition) is 6. The Labute approximate surface area is 108 Å². The summed E-state index contributed by atoms with van der Waals surface area (Å²) < 4.78 is 5.55. The van der Waals surface area contributed by atoms with Crippen LogP contribution < -0.4 is 16.0 Å². The minimum atomic E-state index is 0.184. The van der Waals surface area contributed by atoms with Crippen molar-refractivity contribution < 1.29 is 4.74 Å². The third-order valence-electron chi connectivity index (χ3n) is 2.79. The van der Waals surface area contributed by atoms with Crippen molar-refractivity contribution in [2.24, 2.45) is 0 Å². The number of ether oxygens (including phenoxy) is 1. The van der Waals surface area contributed by atoms with Gasteiger partial charge in [0, 0.05) is 32.2 Å². The molecule has 1 aliphatic heterocycles. The first-order chi connectivity index (χ1) is 8.65. The van der Waals surface area contributed by atoms with Crippen LogP contribution in [0, 0.1) is 0 Å². The van der Waals surface area contributed by atoms with Crippen molar-refractivity contribution in [2.45, 2.75) is 26.6 Å². The third-order valence-corrected chi connectivity index (χ3v) is 2.79. The van der Waals surface area contributed by atoms with E-state index in [9.17, 15) is 0 Å². The van der Waals surface area contributed by atoms with Crippen molar-refractivity contribution in [1.29, 1.82) is 0 Å². The molecule has 1 aromatic rings. The molecule has 0 amide bonds. The molecule has 1 saturated heterocycles. The highest BCUT2D eigenvalue weighted by Crippen LogP contribution is 2.15. The number of nitrogens with two attached hydrogens (primary N) is 1. The Morgan fingerprint density at radius 3 is 2.78 bits per heavy atom. The molecule has 1 fully saturated rings. The van der Waals surface area contributed by atoms with E-state index in [0.29, 0.717) is 12.6 Å². The van der Waals surface area contributed by atoms with Gasteiger partial charge in [0.1, 0.15) is 5.82 Å². The molecule has 0 radical (unpaired) electrons. The molecule has 3 N–H and O–H groups in total. The van der Waals surface area contributed by atoms with Gasteiger partial charge in [-0.2, -0.15) is 4.98 Å². The van der Waals surface area contributed by atoms with E-state index in [1.807, 2.05) is 19.9 Å². The fraction of sp³-hybridized carbons (Fsp3) is 0.667. The van der Waals surface area contributed by atoms with Crippen LogP contribution in [0.25, 0.3) is 0 Å². The van der Waals surface area contributed by atoms with Crippen LogP contribution in [0.1, 0.15) is 19.5 Å². The third kappa shape index (κ3) is 3.54. The van der Waals surface area contributed by atoms with Gasteiger partial charge in [0.25, 0.3) is 0 Å². The number of nitrogens with zero attached hydrogens (tertiary/aromatic N) is 3. The molecule has 2 heterocycles. The molecule has 18 heavy (non-hydrogen) atoms. The average Bonchev–Trinajstić information content (AvgIpc) is 2.37. The molecule has 0 aliphatic carbocycles. The highest BCUT2D eigenvalue weighted by molar-refractivity contribution is 5.43. The van der Waals surface area contributed by atoms with Crippen LogP contribution in [-0.2, 0) is 11.3 Å². The van der Waals surface area contributed by atoms with Crippen LogP contribution in [-0.4, -0.2) is 42.3 Å². The summed E-state index contributed by atoms with van der Waals surface area (Å²) in [5.74, 6) is 1.21. The molecular formula is C12H21N5O. The molecule has 0 atom stereocenters. The van der Waals surface area contributed by atoms with Crippen LogP contribution >= 0.6 is 0 Å². The van der Waals surface area contributed by atoms with Gasteiger partial charge in [-0.15, -0.1) is 0 Å². The van der Waals surface area contributed by atoms with E-state index in [4.69, 9.17) is 10.5 Å². The zero-order valence-corrected chi connectivity index (χ0v) is 11.0. The number of piperazine rings is 1. The van der Waals surface area contributed by atoms with Gasteiger partial charge in [-0.25, -0.2) is 4.98 Å². The quantitative estimate of drug-likeness (QED) is 0.806. The first-order valence-corrected chi connectivity index (χ1v) is 6.36. The van der Waals surface area contributed by atoms with E-state index in [1.54, 1.807) is 0 Å². The van der Waals surface area contributed by atoms with Crippen molar-refractivity contribution in [3.05, 3.63) is 11.8 Å². The van der Waals surface area contributed by atoms with Gasteiger partial charge < -0.3 is 20.7 Å². The van der Waals surface area contributed by atoms with Gasteiger partial charge in [-0.3, -0.25) is 0 Å². The minimum absolute atomic E-state index is 0.184. The normalized spacial score (nSPS) is 16.3. The molecule has 0 unspecified atom stereocenters. The Morgan fingerprint density at radius 2 is 2.11 bits per heavy atom. The molecule has 0 spiro atoms. The van der Waals surface area contributed by atoms with Gasteiger partial charge in [-0.1, -0.05) is 0 Å². The molecule has 2 rings (SSSR count). The second-order valence-electron chi connectivity index (χ2n) is 4.67. The van der Waals surface area contributed by atoms with Crippen molar-refractivity contribution in [2.75, 3.05) is 36.8 Å². The van der Waals surface area contributed by atoms with Crippen molar-refractivity contribution in [1.82, 2.24) is 15.3 Å². The standard InChI is InChI=1S/C12H21N5O/c1-9(2)18-8-10-7-11(16-12(13)15-10)17-5-3-14-4-6-17/h7,9,14H,3-6,8H2,1-2H3,(H2,13,15,16). The lowest BCUT2D eigenvalue weighted by molar-refractivity contribution is 0.0636. The summed E-state index contributed by atoms with van der Waals surface area (Å²) >= 11 is 0. The minimum Gasteiger partial charge on any atom is -0.373 e. The van der Waals surface area contributed by atoms with Crippen molar-refractivity contribution >= 4 is 11.8 Å². The maximum atomic E-state index is 5.75. The number of rotatable bonds is 4. The zero-order chi connectivity index (χ0) is 13.0. The van der Waals surface area contributed by atoms with E-state index in [-0.39, 0.29) is 6.10 Å². The summed E-state index contributed by atoms with van der Waals surface area (Å²) in [4.78, 5) is 10.7. The number of anilines is 2. The van der Waals surface area contributed by atoms with E-state index < -0.39 is 0 Å². The second-order valence-corrected chi connectivity index (χ2v) is 4.67. The summed E-state index contributed by atoms with van der Waals surface area (Å²) in [7, 11) is 0. The van der Waals surface area contributed by atoms with E-state index >= 15 is 0 Å². The Morgan fingerprint density at radius 1 is 1.39 bits per heavy atom. The molecular weight excluding hydrogens is 230 g/mol. The number of nitrogen functional groups attached to an aromatic ring is 1. The van der Waals surface area contributed by atoms with Gasteiger partial charge in [0.05, 0.1) is 18.4 Å². The largest absolute Gasteiger partial charge is 0.373 e. The molecule has 0 aromatic carbocycles. The lowest BCUT2D eigenvalue weighted by Gasteiger charge is -2.28. The average molecular weight is 251 g/mol. The van der Waals surface area contributed by atoms with Gasteiger partial charge in [0.2, 0.25) is 5.95 Å². The van der Waals surface area contributed by atoms with Crippen LogP contribution in [0.2, 0.25) is 0 Å². The fourth-order valence-electron chi connectivity index (χ4n) is 1.88. The van der Waals surface area contributed by atoms with Gasteiger partial charge in [0.15, 0.2) is 0 Å². The van der Waals surface area contributed by atoms with Crippen LogP contribution in [0.4, 0.5) is 11.8 Å². The summed E-state index contributed by atoms with van der Waals surface area (Å²) in [5, 5.41) is 3.31. The van der Waals surface area contributed by atoms with E-state index in [2.05, 4.69) is 20.2 Å². The Hall–Kier alpha value is -1.40. The molecule has 1 aliphatic rings. The fourth-order valence-corrected chi connectivity index (χ4v) is 1.88. The van der Waals surface area contributed by atoms with Crippen LogP contribution in [0.15, 0.2) is 6.07 Å². The number of aromatic nitrogens is 2. The molecule has 6 nitrogen and oxygen atoms in total. The number of hydrogen-bond donors (Lipinski definition) is 2. The zero-order valence-electron chi connectivity index (χ0n) is 11.0. The smallest absolute Gasteiger partial charge is 0.222 e. The Bertz CT molecular complexity index is 390. The Balaban J connectivity index is 2.09. The summed E-state index contributed by atoms with van der Waals surface area (Å²) in [6.45, 7) is 8.32. The predicted octanol–water partition coefficient (Wildman–Crippen LogP) is 0.393. The first kappa shape index (κ1) is 13.0. The maximum Gasteiger partial charge on any atom is 0.222 e. The summed E-state index contributed by atoms with van der Waals surface area (Å²) in [6, 6.07) is 1.96. The monoisotopic (exact) mass is 251 g/mol. The van der Waals surface area contributed by atoms with Crippen molar-refractivity contribution in [3.63, 3.8) is 0 Å². The van der Waals surface area contributed by atoms with Crippen molar-refractivity contribution in [3.8, 4) is 0 Å². The highest BCUT2D eigenvalue weighted by atomic mass is 16.5. The van der Waals surface area contributed by atoms with Crippen LogP contribution in [0.5, 0.6) is 0 Å².